The number of nitrogens with zero attached hydrogens (tertiary/aromatic N) is 1. The highest BCUT2D eigenvalue weighted by Gasteiger charge is 2.39. The largest absolute Gasteiger partial charge is 0.508 e. The maximum absolute atomic E-state index is 9.86. The van der Waals surface area contributed by atoms with Crippen molar-refractivity contribution < 1.29 is 24.1 Å². The summed E-state index contributed by atoms with van der Waals surface area (Å²) >= 11 is 0. The van der Waals surface area contributed by atoms with Crippen LogP contribution in [-0.2, 0) is 28.7 Å². The molecule has 230 valence electrons. The zero-order valence-electron chi connectivity index (χ0n) is 25.5. The first-order valence-corrected chi connectivity index (χ1v) is 16.0. The van der Waals surface area contributed by atoms with E-state index in [0.29, 0.717) is 18.3 Å². The van der Waals surface area contributed by atoms with Gasteiger partial charge in [-0.3, -0.25) is 4.90 Å². The van der Waals surface area contributed by atoms with Gasteiger partial charge in [-0.15, -0.1) is 0 Å². The third-order valence-corrected chi connectivity index (χ3v) is 9.36. The molecule has 1 atom stereocenters. The first-order valence-electron chi connectivity index (χ1n) is 16.0. The molecule has 43 heavy (non-hydrogen) atoms. The van der Waals surface area contributed by atoms with Gasteiger partial charge < -0.3 is 29.4 Å². The third-order valence-electron chi connectivity index (χ3n) is 9.36. The van der Waals surface area contributed by atoms with Crippen LogP contribution in [0.1, 0.15) is 60.3 Å². The molecule has 3 aromatic rings. The molecule has 3 aromatic carbocycles. The van der Waals surface area contributed by atoms with E-state index >= 15 is 0 Å². The number of phenolic OH excluding ortho intramolecular Hbond substituents is 1. The van der Waals surface area contributed by atoms with Crippen molar-refractivity contribution in [2.45, 2.75) is 63.1 Å². The quantitative estimate of drug-likeness (QED) is 0.241. The third kappa shape index (κ3) is 7.64. The second-order valence-electron chi connectivity index (χ2n) is 12.2. The Balaban J connectivity index is 0.920. The zero-order valence-corrected chi connectivity index (χ0v) is 25.5. The highest BCUT2D eigenvalue weighted by Crippen LogP contribution is 2.38. The number of phenols is 1. The second kappa shape index (κ2) is 14.0. The van der Waals surface area contributed by atoms with Crippen LogP contribution >= 0.6 is 0 Å². The Hall–Kier alpha value is -3.26. The highest BCUT2D eigenvalue weighted by molar-refractivity contribution is 5.57. The van der Waals surface area contributed by atoms with E-state index in [1.807, 2.05) is 12.1 Å². The molecule has 6 rings (SSSR count). The molecule has 0 radical (unpaired) electrons. The van der Waals surface area contributed by atoms with Crippen LogP contribution in [0, 0.1) is 0 Å². The summed E-state index contributed by atoms with van der Waals surface area (Å²) < 4.78 is 23.2. The van der Waals surface area contributed by atoms with E-state index in [1.54, 1.807) is 7.11 Å². The predicted octanol–water partition coefficient (Wildman–Crippen LogP) is 6.33. The average Bonchev–Trinajstić information content (AvgIpc) is 3.50. The Kier molecular flexibility index (Phi) is 9.71. The van der Waals surface area contributed by atoms with E-state index in [2.05, 4.69) is 58.7 Å². The Morgan fingerprint density at radius 3 is 2.51 bits per heavy atom. The van der Waals surface area contributed by atoms with Gasteiger partial charge in [-0.05, 0) is 97.0 Å². The molecule has 7 nitrogen and oxygen atoms in total. The van der Waals surface area contributed by atoms with Crippen LogP contribution in [0.3, 0.4) is 0 Å². The number of benzene rings is 3. The fourth-order valence-corrected chi connectivity index (χ4v) is 6.80. The molecular formula is C36H46N2O5. The number of nitrogens with one attached hydrogen (secondary N) is 1. The Bertz CT molecular complexity index is 1330. The highest BCUT2D eigenvalue weighted by atomic mass is 16.7. The molecule has 0 amide bonds. The van der Waals surface area contributed by atoms with Crippen LogP contribution < -0.4 is 14.8 Å². The number of methoxy groups -OCH3 is 1. The number of likely N-dealkylation sites (tertiary alicyclic amines) is 1. The molecule has 3 aliphatic rings. The summed E-state index contributed by atoms with van der Waals surface area (Å²) in [7, 11) is 1.73. The van der Waals surface area contributed by atoms with Crippen LogP contribution in [0.4, 0.5) is 5.69 Å². The molecular weight excluding hydrogens is 540 g/mol. The molecule has 2 heterocycles. The Labute approximate surface area is 256 Å². The lowest BCUT2D eigenvalue weighted by molar-refractivity contribution is -0.185. The molecule has 2 N–H and O–H groups in total. The van der Waals surface area contributed by atoms with Crippen LogP contribution in [0.5, 0.6) is 17.2 Å². The number of unbranched alkanes of at least 4 members (excludes halogenated alkanes) is 1. The average molecular weight is 587 g/mol. The fourth-order valence-electron chi connectivity index (χ4n) is 6.80. The number of ether oxygens (including phenoxy) is 4. The van der Waals surface area contributed by atoms with Gasteiger partial charge in [-0.2, -0.15) is 0 Å². The van der Waals surface area contributed by atoms with Crippen molar-refractivity contribution >= 4 is 5.69 Å². The number of rotatable bonds is 12. The number of fused-ring (bicyclic) bond motifs is 1. The van der Waals surface area contributed by atoms with Gasteiger partial charge in [0.15, 0.2) is 5.79 Å². The van der Waals surface area contributed by atoms with Crippen LogP contribution in [0.2, 0.25) is 0 Å². The molecule has 7 heteroatoms. The summed E-state index contributed by atoms with van der Waals surface area (Å²) in [4.78, 5) is 2.44. The summed E-state index contributed by atoms with van der Waals surface area (Å²) in [5.74, 6) is 2.33. The lowest BCUT2D eigenvalue weighted by Crippen LogP contribution is -2.46. The summed E-state index contributed by atoms with van der Waals surface area (Å²) in [5, 5.41) is 13.6. The maximum Gasteiger partial charge on any atom is 0.170 e. The van der Waals surface area contributed by atoms with Gasteiger partial charge in [-0.1, -0.05) is 24.3 Å². The van der Waals surface area contributed by atoms with Gasteiger partial charge in [0.25, 0.3) is 0 Å². The first kappa shape index (κ1) is 29.8. The van der Waals surface area contributed by atoms with Gasteiger partial charge in [0.05, 0.1) is 20.3 Å². The van der Waals surface area contributed by atoms with Crippen molar-refractivity contribution in [2.75, 3.05) is 58.4 Å². The Morgan fingerprint density at radius 2 is 1.72 bits per heavy atom. The maximum atomic E-state index is 9.86. The summed E-state index contributed by atoms with van der Waals surface area (Å²) in [6.45, 7) is 6.00. The van der Waals surface area contributed by atoms with Crippen molar-refractivity contribution in [1.82, 2.24) is 4.90 Å². The molecule has 2 aliphatic heterocycles. The van der Waals surface area contributed by atoms with Crippen LogP contribution in [0.25, 0.3) is 0 Å². The van der Waals surface area contributed by atoms with E-state index in [9.17, 15) is 5.11 Å². The van der Waals surface area contributed by atoms with Crippen LogP contribution in [0.15, 0.2) is 60.7 Å². The van der Waals surface area contributed by atoms with E-state index in [-0.39, 0.29) is 5.79 Å². The number of aromatic hydroxyl groups is 1. The predicted molar refractivity (Wildman–Crippen MR) is 170 cm³/mol. The van der Waals surface area contributed by atoms with E-state index in [1.165, 1.54) is 27.9 Å². The topological polar surface area (TPSA) is 72.4 Å². The van der Waals surface area contributed by atoms with Crippen molar-refractivity contribution in [3.8, 4) is 17.2 Å². The molecule has 1 spiro atoms. The number of aryl methyl sites for hydroxylation is 2. The monoisotopic (exact) mass is 586 g/mol. The summed E-state index contributed by atoms with van der Waals surface area (Å²) in [5.41, 5.74) is 6.50. The Morgan fingerprint density at radius 1 is 0.930 bits per heavy atom. The number of piperidine rings is 1. The van der Waals surface area contributed by atoms with Gasteiger partial charge in [0.1, 0.15) is 23.9 Å². The van der Waals surface area contributed by atoms with E-state index in [0.717, 1.165) is 102 Å². The second-order valence-corrected chi connectivity index (χ2v) is 12.2. The van der Waals surface area contributed by atoms with Gasteiger partial charge in [-0.25, -0.2) is 0 Å². The molecule has 0 saturated carbocycles. The van der Waals surface area contributed by atoms with E-state index in [4.69, 9.17) is 18.9 Å². The van der Waals surface area contributed by atoms with Crippen molar-refractivity contribution in [1.29, 1.82) is 0 Å². The van der Waals surface area contributed by atoms with Crippen LogP contribution in [-0.4, -0.2) is 68.9 Å². The molecule has 0 bridgehead atoms. The normalized spacial score (nSPS) is 19.7. The van der Waals surface area contributed by atoms with Crippen molar-refractivity contribution in [3.05, 3.63) is 82.9 Å². The lowest BCUT2D eigenvalue weighted by Gasteiger charge is -2.37. The molecule has 1 aliphatic carbocycles. The number of anilines is 1. The number of hydrogen-bond donors (Lipinski definition) is 2. The minimum atomic E-state index is -0.309. The van der Waals surface area contributed by atoms with Gasteiger partial charge >= 0.3 is 0 Å². The summed E-state index contributed by atoms with van der Waals surface area (Å²) in [6.07, 6.45) is 8.24. The molecule has 2 fully saturated rings. The van der Waals surface area contributed by atoms with Gasteiger partial charge in [0, 0.05) is 50.8 Å². The lowest BCUT2D eigenvalue weighted by atomic mass is 9.79. The molecule has 2 saturated heterocycles. The zero-order chi connectivity index (χ0) is 29.5. The first-order chi connectivity index (χ1) is 21.1. The van der Waals surface area contributed by atoms with E-state index < -0.39 is 0 Å². The molecule has 0 aromatic heterocycles. The number of hydrogen-bond acceptors (Lipinski definition) is 7. The SMILES string of the molecule is COc1ccc(C2CCc3cc(O)ccc3C2)c(NCCCCc2ccc(OCCN3CCC4(CC3)OCCO4)cc2)c1. The van der Waals surface area contributed by atoms with Gasteiger partial charge in [0.2, 0.25) is 0 Å². The summed E-state index contributed by atoms with van der Waals surface area (Å²) in [6, 6.07) is 20.9. The molecule has 1 unspecified atom stereocenters. The van der Waals surface area contributed by atoms with Crippen molar-refractivity contribution in [3.63, 3.8) is 0 Å². The fraction of sp³-hybridized carbons (Fsp3) is 0.500. The smallest absolute Gasteiger partial charge is 0.170 e. The standard InChI is InChI=1S/C36H46N2O5/c1-40-33-13-14-34(30-8-7-29-25-31(39)10-9-28(29)24-30)35(26-33)37-17-3-2-4-27-5-11-32(12-6-27)41-21-20-38-18-15-36(16-19-38)42-22-23-43-36/h5-6,9-14,25-26,30,37,39H,2-4,7-8,15-24H2,1H3. The minimum Gasteiger partial charge on any atom is -0.508 e. The van der Waals surface area contributed by atoms with Crippen molar-refractivity contribution in [2.24, 2.45) is 0 Å². The minimum absolute atomic E-state index is 0.309.